The fourth-order valence-electron chi connectivity index (χ4n) is 6.49. The summed E-state index contributed by atoms with van der Waals surface area (Å²) in [4.78, 5) is 13.5. The number of allylic oxidation sites excluding steroid dienone is 2. The lowest BCUT2D eigenvalue weighted by Gasteiger charge is -2.28. The van der Waals surface area contributed by atoms with Gasteiger partial charge in [0.05, 0.1) is 15.9 Å². The molecule has 0 fully saturated rings. The Morgan fingerprint density at radius 1 is 0.952 bits per heavy atom. The highest BCUT2D eigenvalue weighted by Crippen LogP contribution is 2.50. The second kappa shape index (κ2) is 11.5. The predicted molar refractivity (Wildman–Crippen MR) is 164 cm³/mol. The van der Waals surface area contributed by atoms with Crippen molar-refractivity contribution in [3.05, 3.63) is 75.0 Å². The van der Waals surface area contributed by atoms with Gasteiger partial charge in [0.15, 0.2) is 5.71 Å². The molecule has 0 spiro atoms. The number of alkyl halides is 3. The summed E-state index contributed by atoms with van der Waals surface area (Å²) in [5.74, 6) is 0.965. The summed E-state index contributed by atoms with van der Waals surface area (Å²) in [6.07, 6.45) is 1.19. The van der Waals surface area contributed by atoms with Crippen molar-refractivity contribution in [2.24, 2.45) is 11.8 Å². The van der Waals surface area contributed by atoms with Crippen LogP contribution in [0.3, 0.4) is 0 Å². The highest BCUT2D eigenvalue weighted by molar-refractivity contribution is 5.95. The predicted octanol–water partition coefficient (Wildman–Crippen LogP) is 9.54. The first-order valence-electron chi connectivity index (χ1n) is 15.1. The Kier molecular flexibility index (Phi) is 8.69. The number of hydrogen-bond acceptors (Lipinski definition) is 3. The second-order valence-electron chi connectivity index (χ2n) is 13.7. The Hall–Kier alpha value is -3.16. The van der Waals surface area contributed by atoms with Gasteiger partial charge in [-0.1, -0.05) is 47.6 Å². The number of non-ortho nitro benzene ring substituents is 1. The van der Waals surface area contributed by atoms with Gasteiger partial charge in [-0.15, -0.1) is 0 Å². The number of anilines is 1. The molecule has 0 aromatic heterocycles. The van der Waals surface area contributed by atoms with Crippen LogP contribution in [0.1, 0.15) is 97.8 Å². The minimum atomic E-state index is -4.39. The lowest BCUT2D eigenvalue weighted by Crippen LogP contribution is -2.30. The van der Waals surface area contributed by atoms with Gasteiger partial charge in [0.25, 0.3) is 5.69 Å². The smallest absolute Gasteiger partial charge is 0.344 e. The maximum Gasteiger partial charge on any atom is 0.416 e. The molecule has 2 aliphatic heterocycles. The van der Waals surface area contributed by atoms with E-state index < -0.39 is 17.2 Å². The molecule has 0 saturated heterocycles. The lowest BCUT2D eigenvalue weighted by atomic mass is 9.79. The number of halogens is 3. The summed E-state index contributed by atoms with van der Waals surface area (Å²) in [5.41, 5.74) is 4.33. The molecule has 5 nitrogen and oxygen atoms in total. The van der Waals surface area contributed by atoms with Crippen LogP contribution in [0.15, 0.2) is 48.2 Å². The summed E-state index contributed by atoms with van der Waals surface area (Å²) in [6.45, 7) is 18.6. The fraction of sp³-hybridized carbons (Fsp3) is 0.559. The van der Waals surface area contributed by atoms with Crippen molar-refractivity contribution in [3.63, 3.8) is 0 Å². The van der Waals surface area contributed by atoms with E-state index >= 15 is 0 Å². The number of fused-ring (bicyclic) bond motifs is 2. The van der Waals surface area contributed by atoms with Crippen molar-refractivity contribution in [2.45, 2.75) is 98.1 Å². The van der Waals surface area contributed by atoms with Gasteiger partial charge in [-0.25, -0.2) is 0 Å². The van der Waals surface area contributed by atoms with Crippen molar-refractivity contribution in [2.75, 3.05) is 18.0 Å². The summed E-state index contributed by atoms with van der Waals surface area (Å²) in [5, 5.41) is 11.6. The molecule has 0 radical (unpaired) electrons. The van der Waals surface area contributed by atoms with Gasteiger partial charge in [0, 0.05) is 59.9 Å². The third kappa shape index (κ3) is 6.00. The number of hydrogen-bond donors (Lipinski definition) is 0. The van der Waals surface area contributed by atoms with E-state index in [0.29, 0.717) is 23.8 Å². The lowest BCUT2D eigenvalue weighted by molar-refractivity contribution is -0.441. The summed E-state index contributed by atoms with van der Waals surface area (Å²) in [6, 6.07) is 9.33. The summed E-state index contributed by atoms with van der Waals surface area (Å²) < 4.78 is 43.3. The zero-order valence-electron chi connectivity index (χ0n) is 26.2. The molecular formula is C34H45F3N3O2+. The Balaban J connectivity index is 1.71. The minimum absolute atomic E-state index is 0.0958. The largest absolute Gasteiger partial charge is 0.416 e. The molecule has 0 amide bonds. The van der Waals surface area contributed by atoms with Crippen LogP contribution < -0.4 is 4.90 Å². The van der Waals surface area contributed by atoms with Crippen LogP contribution in [0.2, 0.25) is 0 Å². The van der Waals surface area contributed by atoms with E-state index in [1.807, 2.05) is 19.9 Å². The number of benzene rings is 2. The van der Waals surface area contributed by atoms with Crippen molar-refractivity contribution in [3.8, 4) is 0 Å². The standard InChI is InChI=1S/C34H45F3N3O2/c1-22(2)16-18-38-28-14-12-24(34(35,36)37)20-26(28)32(5,6)30(38)10-9-11-31-33(7,8)27-21-25(40(41)42)13-15-29(27)39(31)19-17-23(3)4/h10,12-15,20-23H,9,11,16-19H2,1-8H3/q+1/b30-10+. The molecule has 0 atom stereocenters. The molecule has 228 valence electrons. The van der Waals surface area contributed by atoms with Crippen LogP contribution >= 0.6 is 0 Å². The third-order valence-corrected chi connectivity index (χ3v) is 9.00. The molecule has 4 rings (SSSR count). The Labute approximate surface area is 248 Å². The van der Waals surface area contributed by atoms with Crippen LogP contribution in [0, 0.1) is 22.0 Å². The number of nitro benzene ring substituents is 1. The average molecular weight is 585 g/mol. The van der Waals surface area contributed by atoms with Crippen molar-refractivity contribution in [1.29, 1.82) is 0 Å². The van der Waals surface area contributed by atoms with Crippen molar-refractivity contribution in [1.82, 2.24) is 0 Å². The van der Waals surface area contributed by atoms with Gasteiger partial charge < -0.3 is 4.90 Å². The topological polar surface area (TPSA) is 49.4 Å². The van der Waals surface area contributed by atoms with E-state index in [4.69, 9.17) is 0 Å². The van der Waals surface area contributed by atoms with Crippen LogP contribution in [-0.2, 0) is 17.0 Å². The number of nitro groups is 1. The molecule has 0 unspecified atom stereocenters. The SMILES string of the molecule is CC(C)CCN1/C(=C/CCC2=[N+](CCC(C)C)c3ccc([N+](=O)[O-])cc3C2(C)C)C(C)(C)c2cc(C(F)(F)F)ccc21. The third-order valence-electron chi connectivity index (χ3n) is 9.00. The van der Waals surface area contributed by atoms with Gasteiger partial charge in [-0.05, 0) is 62.3 Å². The van der Waals surface area contributed by atoms with E-state index in [-0.39, 0.29) is 16.0 Å². The minimum Gasteiger partial charge on any atom is -0.344 e. The van der Waals surface area contributed by atoms with Gasteiger partial charge in [-0.2, -0.15) is 17.7 Å². The highest BCUT2D eigenvalue weighted by atomic mass is 19.4. The first kappa shape index (κ1) is 31.8. The quantitative estimate of drug-likeness (QED) is 0.159. The van der Waals surface area contributed by atoms with Gasteiger partial charge >= 0.3 is 6.18 Å². The highest BCUT2D eigenvalue weighted by Gasteiger charge is 2.46. The Morgan fingerprint density at radius 3 is 2.21 bits per heavy atom. The molecule has 42 heavy (non-hydrogen) atoms. The van der Waals surface area contributed by atoms with Crippen molar-refractivity contribution >= 4 is 22.8 Å². The van der Waals surface area contributed by atoms with Crippen LogP contribution in [-0.4, -0.2) is 28.3 Å². The van der Waals surface area contributed by atoms with E-state index in [1.54, 1.807) is 18.2 Å². The van der Waals surface area contributed by atoms with Gasteiger partial charge in [0.1, 0.15) is 6.54 Å². The van der Waals surface area contributed by atoms with Crippen LogP contribution in [0.4, 0.5) is 30.2 Å². The number of rotatable bonds is 10. The molecule has 0 N–H and O–H groups in total. The Morgan fingerprint density at radius 2 is 1.62 bits per heavy atom. The molecule has 0 bridgehead atoms. The van der Waals surface area contributed by atoms with Crippen LogP contribution in [0.25, 0.3) is 0 Å². The van der Waals surface area contributed by atoms with E-state index in [9.17, 15) is 23.3 Å². The van der Waals surface area contributed by atoms with E-state index in [1.165, 1.54) is 17.8 Å². The molecule has 2 aromatic carbocycles. The number of nitrogens with zero attached hydrogens (tertiary/aromatic N) is 3. The zero-order chi connectivity index (χ0) is 31.2. The van der Waals surface area contributed by atoms with E-state index in [2.05, 4.69) is 57.1 Å². The molecule has 8 heteroatoms. The van der Waals surface area contributed by atoms with Crippen molar-refractivity contribution < 1.29 is 22.7 Å². The summed E-state index contributed by atoms with van der Waals surface area (Å²) >= 11 is 0. The summed E-state index contributed by atoms with van der Waals surface area (Å²) in [7, 11) is 0. The normalized spacial score (nSPS) is 18.4. The van der Waals surface area contributed by atoms with Gasteiger partial charge in [-0.3, -0.25) is 10.1 Å². The monoisotopic (exact) mass is 584 g/mol. The molecule has 2 heterocycles. The first-order chi connectivity index (χ1) is 19.5. The van der Waals surface area contributed by atoms with Crippen LogP contribution in [0.5, 0.6) is 0 Å². The second-order valence-corrected chi connectivity index (χ2v) is 13.7. The molecule has 2 aromatic rings. The molecular weight excluding hydrogens is 539 g/mol. The zero-order valence-corrected chi connectivity index (χ0v) is 26.2. The fourth-order valence-corrected chi connectivity index (χ4v) is 6.49. The average Bonchev–Trinajstić information content (AvgIpc) is 3.23. The maximum absolute atomic E-state index is 13.7. The van der Waals surface area contributed by atoms with E-state index in [0.717, 1.165) is 55.0 Å². The Bertz CT molecular complexity index is 1420. The maximum atomic E-state index is 13.7. The molecule has 0 saturated carbocycles. The van der Waals surface area contributed by atoms with Gasteiger partial charge in [0.2, 0.25) is 5.69 Å². The first-order valence-corrected chi connectivity index (χ1v) is 15.1. The molecule has 2 aliphatic rings. The molecule has 0 aliphatic carbocycles.